The van der Waals surface area contributed by atoms with Gasteiger partial charge in [-0.3, -0.25) is 0 Å². The SMILES string of the molecule is COC(=O)c1cc(C(F)(F)F)cnc1Nc1nc(-c2ccc(S(=O)c3ccccc3)cc2)c(CC(C)C)s1. The van der Waals surface area contributed by atoms with Crippen LogP contribution in [0.4, 0.5) is 24.1 Å². The number of rotatable bonds is 8. The summed E-state index contributed by atoms with van der Waals surface area (Å²) >= 11 is 1.33. The number of methoxy groups -OCH3 is 1. The van der Waals surface area contributed by atoms with Crippen LogP contribution in [0.3, 0.4) is 0 Å². The van der Waals surface area contributed by atoms with Crippen LogP contribution in [0.2, 0.25) is 0 Å². The van der Waals surface area contributed by atoms with Crippen molar-refractivity contribution in [3.63, 3.8) is 0 Å². The van der Waals surface area contributed by atoms with E-state index in [-0.39, 0.29) is 11.4 Å². The zero-order valence-corrected chi connectivity index (χ0v) is 22.3. The second kappa shape index (κ2) is 11.4. The van der Waals surface area contributed by atoms with Crippen LogP contribution in [0.1, 0.15) is 34.6 Å². The van der Waals surface area contributed by atoms with Crippen LogP contribution in [0.5, 0.6) is 0 Å². The number of halogens is 3. The number of aromatic nitrogens is 2. The maximum atomic E-state index is 13.2. The standard InChI is InChI=1S/C27H24F3N3O3S2/c1-16(2)13-22-23(17-9-11-20(12-10-17)38(35)19-7-5-4-6-8-19)32-26(37-22)33-24-21(25(34)36-3)14-18(15-31-24)27(28,29)30/h4-12,14-16H,13H2,1-3H3,(H,31,32,33). The predicted octanol–water partition coefficient (Wildman–Crippen LogP) is 7.12. The summed E-state index contributed by atoms with van der Waals surface area (Å²) in [5, 5.41) is 3.27. The minimum Gasteiger partial charge on any atom is -0.465 e. The number of hydrogen-bond acceptors (Lipinski definition) is 7. The molecule has 0 fully saturated rings. The van der Waals surface area contributed by atoms with Crippen LogP contribution in [-0.2, 0) is 28.1 Å². The number of hydrogen-bond donors (Lipinski definition) is 1. The zero-order chi connectivity index (χ0) is 27.4. The first-order chi connectivity index (χ1) is 18.1. The Morgan fingerprint density at radius 1 is 1.08 bits per heavy atom. The summed E-state index contributed by atoms with van der Waals surface area (Å²) in [4.78, 5) is 23.0. The fraction of sp³-hybridized carbons (Fsp3) is 0.222. The fourth-order valence-electron chi connectivity index (χ4n) is 3.64. The van der Waals surface area contributed by atoms with Gasteiger partial charge in [-0.2, -0.15) is 13.2 Å². The summed E-state index contributed by atoms with van der Waals surface area (Å²) in [7, 11) is -0.240. The van der Waals surface area contributed by atoms with Gasteiger partial charge >= 0.3 is 12.1 Å². The molecule has 1 unspecified atom stereocenters. The van der Waals surface area contributed by atoms with E-state index in [0.717, 1.165) is 17.6 Å². The van der Waals surface area contributed by atoms with E-state index in [2.05, 4.69) is 33.9 Å². The summed E-state index contributed by atoms with van der Waals surface area (Å²) in [5.41, 5.74) is 0.0797. The highest BCUT2D eigenvalue weighted by atomic mass is 32.2. The fourth-order valence-corrected chi connectivity index (χ4v) is 5.90. The lowest BCUT2D eigenvalue weighted by molar-refractivity contribution is -0.137. The largest absolute Gasteiger partial charge is 0.465 e. The summed E-state index contributed by atoms with van der Waals surface area (Å²) in [6.07, 6.45) is -3.30. The average Bonchev–Trinajstić information content (AvgIpc) is 3.29. The Labute approximate surface area is 224 Å². The minimum atomic E-state index is -4.66. The Morgan fingerprint density at radius 2 is 1.74 bits per heavy atom. The summed E-state index contributed by atoms with van der Waals surface area (Å²) in [5.74, 6) is -0.733. The zero-order valence-electron chi connectivity index (χ0n) is 20.7. The highest BCUT2D eigenvalue weighted by Crippen LogP contribution is 2.36. The lowest BCUT2D eigenvalue weighted by Gasteiger charge is -2.11. The number of anilines is 2. The summed E-state index contributed by atoms with van der Waals surface area (Å²) in [6.45, 7) is 4.13. The van der Waals surface area contributed by atoms with Crippen molar-refractivity contribution in [2.45, 2.75) is 36.2 Å². The van der Waals surface area contributed by atoms with Crippen molar-refractivity contribution in [3.8, 4) is 11.3 Å². The normalized spacial score (nSPS) is 12.4. The predicted molar refractivity (Wildman–Crippen MR) is 141 cm³/mol. The molecule has 2 aromatic heterocycles. The van der Waals surface area contributed by atoms with E-state index < -0.39 is 28.5 Å². The number of pyridine rings is 1. The molecular weight excluding hydrogens is 535 g/mol. The van der Waals surface area contributed by atoms with Crippen LogP contribution < -0.4 is 5.32 Å². The molecule has 0 saturated heterocycles. The van der Waals surface area contributed by atoms with Gasteiger partial charge in [0.1, 0.15) is 11.4 Å². The van der Waals surface area contributed by atoms with Crippen molar-refractivity contribution >= 4 is 39.1 Å². The highest BCUT2D eigenvalue weighted by molar-refractivity contribution is 7.85. The van der Waals surface area contributed by atoms with E-state index in [1.165, 1.54) is 11.3 Å². The molecule has 0 radical (unpaired) electrons. The first kappa shape index (κ1) is 27.5. The van der Waals surface area contributed by atoms with E-state index in [1.807, 2.05) is 30.3 Å². The number of nitrogens with one attached hydrogen (secondary N) is 1. The first-order valence-corrected chi connectivity index (χ1v) is 13.5. The van der Waals surface area contributed by atoms with Crippen LogP contribution >= 0.6 is 11.3 Å². The van der Waals surface area contributed by atoms with Crippen molar-refractivity contribution in [1.29, 1.82) is 0 Å². The van der Waals surface area contributed by atoms with Gasteiger partial charge < -0.3 is 10.1 Å². The van der Waals surface area contributed by atoms with Gasteiger partial charge in [-0.25, -0.2) is 19.0 Å². The molecule has 6 nitrogen and oxygen atoms in total. The molecule has 0 aliphatic heterocycles. The minimum absolute atomic E-state index is 0.0881. The Morgan fingerprint density at radius 3 is 2.34 bits per heavy atom. The molecule has 0 aliphatic rings. The van der Waals surface area contributed by atoms with E-state index in [0.29, 0.717) is 45.2 Å². The molecule has 0 amide bonds. The molecule has 0 spiro atoms. The maximum absolute atomic E-state index is 13.2. The second-order valence-corrected chi connectivity index (χ2v) is 11.3. The molecule has 4 aromatic rings. The quantitative estimate of drug-likeness (QED) is 0.232. The first-order valence-electron chi connectivity index (χ1n) is 11.6. The molecular formula is C27H24F3N3O3S2. The molecule has 198 valence electrons. The number of ether oxygens (including phenoxy) is 1. The number of carbonyl (C=O) groups excluding carboxylic acids is 1. The Bertz CT molecular complexity index is 1450. The number of esters is 1. The molecule has 11 heteroatoms. The van der Waals surface area contributed by atoms with Gasteiger partial charge in [0.05, 0.1) is 29.2 Å². The van der Waals surface area contributed by atoms with Crippen LogP contribution in [0.25, 0.3) is 11.3 Å². The van der Waals surface area contributed by atoms with Crippen molar-refractivity contribution in [2.75, 3.05) is 12.4 Å². The van der Waals surface area contributed by atoms with Crippen LogP contribution in [0, 0.1) is 5.92 Å². The molecule has 1 N–H and O–H groups in total. The lowest BCUT2D eigenvalue weighted by atomic mass is 10.1. The summed E-state index contributed by atoms with van der Waals surface area (Å²) < 4.78 is 57.1. The molecule has 1 atom stereocenters. The van der Waals surface area contributed by atoms with Gasteiger partial charge in [0, 0.05) is 26.4 Å². The highest BCUT2D eigenvalue weighted by Gasteiger charge is 2.33. The van der Waals surface area contributed by atoms with Crippen molar-refractivity contribution in [3.05, 3.63) is 82.9 Å². The molecule has 0 saturated carbocycles. The third-order valence-electron chi connectivity index (χ3n) is 5.44. The number of alkyl halides is 3. The molecule has 0 bridgehead atoms. The Balaban J connectivity index is 1.67. The van der Waals surface area contributed by atoms with E-state index >= 15 is 0 Å². The third-order valence-corrected chi connectivity index (χ3v) is 7.83. The number of nitrogens with zero attached hydrogens (tertiary/aromatic N) is 2. The number of thiazole rings is 1. The van der Waals surface area contributed by atoms with Crippen LogP contribution in [-0.4, -0.2) is 27.3 Å². The van der Waals surface area contributed by atoms with Gasteiger partial charge in [-0.05, 0) is 42.7 Å². The third kappa shape index (κ3) is 6.28. The van der Waals surface area contributed by atoms with Gasteiger partial charge in [0.2, 0.25) is 0 Å². The number of benzene rings is 2. The van der Waals surface area contributed by atoms with Crippen LogP contribution in [0.15, 0.2) is 76.7 Å². The van der Waals surface area contributed by atoms with Crippen molar-refractivity contribution < 1.29 is 26.9 Å². The summed E-state index contributed by atoms with van der Waals surface area (Å²) in [6, 6.07) is 17.1. The van der Waals surface area contributed by atoms with E-state index in [1.54, 1.807) is 24.3 Å². The van der Waals surface area contributed by atoms with E-state index in [4.69, 9.17) is 0 Å². The molecule has 38 heavy (non-hydrogen) atoms. The van der Waals surface area contributed by atoms with Gasteiger partial charge in [-0.1, -0.05) is 44.2 Å². The Kier molecular flexibility index (Phi) is 8.27. The molecule has 2 heterocycles. The maximum Gasteiger partial charge on any atom is 0.417 e. The molecule has 4 rings (SSSR count). The van der Waals surface area contributed by atoms with Gasteiger partial charge in [0.15, 0.2) is 5.13 Å². The second-order valence-electron chi connectivity index (χ2n) is 8.73. The lowest BCUT2D eigenvalue weighted by Crippen LogP contribution is -2.12. The Hall–Kier alpha value is -3.57. The smallest absolute Gasteiger partial charge is 0.417 e. The van der Waals surface area contributed by atoms with Gasteiger partial charge in [-0.15, -0.1) is 11.3 Å². The monoisotopic (exact) mass is 559 g/mol. The van der Waals surface area contributed by atoms with Crippen molar-refractivity contribution in [1.82, 2.24) is 9.97 Å². The molecule has 0 aliphatic carbocycles. The topological polar surface area (TPSA) is 81.2 Å². The van der Waals surface area contributed by atoms with Crippen molar-refractivity contribution in [2.24, 2.45) is 5.92 Å². The van der Waals surface area contributed by atoms with E-state index in [9.17, 15) is 22.2 Å². The average molecular weight is 560 g/mol. The van der Waals surface area contributed by atoms with Gasteiger partial charge in [0.25, 0.3) is 0 Å². The number of carbonyl (C=O) groups is 1. The molecule has 2 aromatic carbocycles.